The van der Waals surface area contributed by atoms with E-state index in [1.165, 1.54) is 10.7 Å². The SMILES string of the molecule is COc1cc2ncc(-c3nc(N[C@@H]4CNCC[C@H]4F)c(C#N)cc3F)n2nc1C1COC1. The molecule has 0 saturated carbocycles. The van der Waals surface area contributed by atoms with Crippen LogP contribution in [-0.2, 0) is 4.74 Å². The Labute approximate surface area is 182 Å². The van der Waals surface area contributed by atoms with Crippen molar-refractivity contribution in [3.8, 4) is 23.2 Å². The van der Waals surface area contributed by atoms with Gasteiger partial charge in [-0.3, -0.25) is 0 Å². The van der Waals surface area contributed by atoms with Crippen LogP contribution in [0.4, 0.5) is 14.6 Å². The van der Waals surface area contributed by atoms with Gasteiger partial charge in [-0.25, -0.2) is 23.3 Å². The molecule has 0 spiro atoms. The van der Waals surface area contributed by atoms with Crippen LogP contribution in [0.25, 0.3) is 17.0 Å². The number of pyridine rings is 1. The monoisotopic (exact) mass is 441 g/mol. The van der Waals surface area contributed by atoms with Gasteiger partial charge in [-0.1, -0.05) is 0 Å². The molecule has 2 fully saturated rings. The van der Waals surface area contributed by atoms with Crippen LogP contribution in [0, 0.1) is 17.1 Å². The van der Waals surface area contributed by atoms with Gasteiger partial charge in [-0.15, -0.1) is 0 Å². The number of hydrogen-bond acceptors (Lipinski definition) is 8. The fourth-order valence-corrected chi connectivity index (χ4v) is 3.92. The van der Waals surface area contributed by atoms with Crippen LogP contribution in [0.3, 0.4) is 0 Å². The van der Waals surface area contributed by atoms with Crippen molar-refractivity contribution in [2.24, 2.45) is 0 Å². The third-order valence-corrected chi connectivity index (χ3v) is 5.79. The molecule has 0 aromatic carbocycles. The summed E-state index contributed by atoms with van der Waals surface area (Å²) < 4.78 is 41.5. The third-order valence-electron chi connectivity index (χ3n) is 5.79. The highest BCUT2D eigenvalue weighted by atomic mass is 19.1. The number of nitriles is 1. The molecule has 5 rings (SSSR count). The number of anilines is 1. The number of piperidine rings is 1. The molecule has 2 aliphatic rings. The fourth-order valence-electron chi connectivity index (χ4n) is 3.92. The lowest BCUT2D eigenvalue weighted by Gasteiger charge is -2.28. The van der Waals surface area contributed by atoms with Crippen LogP contribution >= 0.6 is 0 Å². The molecule has 166 valence electrons. The van der Waals surface area contributed by atoms with E-state index in [0.717, 1.165) is 6.07 Å². The second-order valence-corrected chi connectivity index (χ2v) is 7.83. The van der Waals surface area contributed by atoms with Crippen LogP contribution in [0.15, 0.2) is 18.3 Å². The first-order valence-electron chi connectivity index (χ1n) is 10.3. The third kappa shape index (κ3) is 3.51. The van der Waals surface area contributed by atoms with E-state index >= 15 is 4.39 Å². The molecule has 2 N–H and O–H groups in total. The predicted octanol–water partition coefficient (Wildman–Crippen LogP) is 2.04. The van der Waals surface area contributed by atoms with Gasteiger partial charge in [0.1, 0.15) is 40.9 Å². The topological polar surface area (TPSA) is 109 Å². The van der Waals surface area contributed by atoms with Crippen molar-refractivity contribution < 1.29 is 18.3 Å². The number of nitrogens with zero attached hydrogens (tertiary/aromatic N) is 5. The molecule has 3 aromatic rings. The van der Waals surface area contributed by atoms with E-state index in [2.05, 4.69) is 25.7 Å². The number of ether oxygens (including phenoxy) is 2. The average Bonchev–Trinajstić information content (AvgIpc) is 3.17. The Kier molecular flexibility index (Phi) is 5.32. The van der Waals surface area contributed by atoms with E-state index in [-0.39, 0.29) is 23.0 Å². The number of imidazole rings is 1. The van der Waals surface area contributed by atoms with E-state index in [1.807, 2.05) is 6.07 Å². The quantitative estimate of drug-likeness (QED) is 0.619. The molecule has 5 heterocycles. The highest BCUT2D eigenvalue weighted by Crippen LogP contribution is 2.33. The van der Waals surface area contributed by atoms with E-state index in [9.17, 15) is 9.65 Å². The van der Waals surface area contributed by atoms with Gasteiger partial charge in [0.15, 0.2) is 11.5 Å². The van der Waals surface area contributed by atoms with Crippen molar-refractivity contribution >= 4 is 11.5 Å². The molecule has 0 unspecified atom stereocenters. The summed E-state index contributed by atoms with van der Waals surface area (Å²) in [5.74, 6) is 0.0770. The summed E-state index contributed by atoms with van der Waals surface area (Å²) in [5, 5.41) is 20.2. The Bertz CT molecular complexity index is 1210. The molecule has 0 aliphatic carbocycles. The summed E-state index contributed by atoms with van der Waals surface area (Å²) in [6.45, 7) is 2.01. The fraction of sp³-hybridized carbons (Fsp3) is 0.429. The van der Waals surface area contributed by atoms with Gasteiger partial charge in [-0.2, -0.15) is 10.4 Å². The lowest BCUT2D eigenvalue weighted by Crippen LogP contribution is -2.46. The first kappa shape index (κ1) is 20.5. The molecule has 9 nitrogen and oxygen atoms in total. The Morgan fingerprint density at radius 3 is 2.91 bits per heavy atom. The minimum absolute atomic E-state index is 0.000205. The molecule has 32 heavy (non-hydrogen) atoms. The molecular weight excluding hydrogens is 420 g/mol. The number of alkyl halides is 1. The largest absolute Gasteiger partial charge is 0.495 e. The molecular formula is C21H21F2N7O2. The Morgan fingerprint density at radius 1 is 1.38 bits per heavy atom. The molecule has 0 radical (unpaired) electrons. The van der Waals surface area contributed by atoms with E-state index in [4.69, 9.17) is 9.47 Å². The maximum atomic E-state index is 15.0. The molecule has 3 aromatic heterocycles. The minimum atomic E-state index is -1.10. The van der Waals surface area contributed by atoms with Crippen molar-refractivity contribution in [2.45, 2.75) is 24.6 Å². The average molecular weight is 441 g/mol. The summed E-state index contributed by atoms with van der Waals surface area (Å²) in [4.78, 5) is 8.67. The number of fused-ring (bicyclic) bond motifs is 1. The summed E-state index contributed by atoms with van der Waals surface area (Å²) in [6.07, 6.45) is 0.708. The Hall–Kier alpha value is -3.36. The molecule has 0 bridgehead atoms. The van der Waals surface area contributed by atoms with Crippen molar-refractivity contribution in [1.29, 1.82) is 5.26 Å². The second kappa shape index (κ2) is 8.29. The molecule has 2 saturated heterocycles. The molecule has 11 heteroatoms. The summed E-state index contributed by atoms with van der Waals surface area (Å²) in [5.41, 5.74) is 1.42. The zero-order valence-electron chi connectivity index (χ0n) is 17.3. The van der Waals surface area contributed by atoms with E-state index in [0.29, 0.717) is 55.5 Å². The standard InChI is InChI=1S/C21H21F2N7O2/c1-31-17-5-18-26-8-16(30(18)29-19(17)12-9-32-10-12)20-14(23)4-11(6-24)21(28-20)27-15-7-25-3-2-13(15)22/h4-5,8,12-13,15,25H,2-3,7,9-10H2,1H3,(H,27,28)/t13-,15-/m1/s1. The lowest BCUT2D eigenvalue weighted by atomic mass is 10.0. The van der Waals surface area contributed by atoms with Gasteiger partial charge in [-0.05, 0) is 19.0 Å². The normalized spacial score (nSPS) is 21.2. The highest BCUT2D eigenvalue weighted by Gasteiger charge is 2.29. The molecule has 2 aliphatic heterocycles. The van der Waals surface area contributed by atoms with Gasteiger partial charge in [0.2, 0.25) is 0 Å². The van der Waals surface area contributed by atoms with Gasteiger partial charge < -0.3 is 20.1 Å². The second-order valence-electron chi connectivity index (χ2n) is 7.83. The van der Waals surface area contributed by atoms with Crippen molar-refractivity contribution in [3.63, 3.8) is 0 Å². The van der Waals surface area contributed by atoms with Crippen molar-refractivity contribution in [3.05, 3.63) is 35.4 Å². The maximum absolute atomic E-state index is 15.0. The predicted molar refractivity (Wildman–Crippen MR) is 111 cm³/mol. The van der Waals surface area contributed by atoms with Gasteiger partial charge in [0.05, 0.1) is 44.0 Å². The first-order chi connectivity index (χ1) is 15.6. The summed E-state index contributed by atoms with van der Waals surface area (Å²) in [7, 11) is 1.55. The zero-order chi connectivity index (χ0) is 22.2. The van der Waals surface area contributed by atoms with Gasteiger partial charge in [0.25, 0.3) is 0 Å². The zero-order valence-corrected chi connectivity index (χ0v) is 17.3. The summed E-state index contributed by atoms with van der Waals surface area (Å²) in [6, 6.07) is 4.18. The molecule has 2 atom stereocenters. The number of methoxy groups -OCH3 is 1. The number of aromatic nitrogens is 4. The number of rotatable bonds is 5. The molecule has 0 amide bonds. The summed E-state index contributed by atoms with van der Waals surface area (Å²) >= 11 is 0. The lowest BCUT2D eigenvalue weighted by molar-refractivity contribution is 0.00530. The van der Waals surface area contributed by atoms with Gasteiger partial charge >= 0.3 is 0 Å². The van der Waals surface area contributed by atoms with Crippen molar-refractivity contribution in [2.75, 3.05) is 38.7 Å². The van der Waals surface area contributed by atoms with Crippen LogP contribution in [0.1, 0.15) is 23.6 Å². The highest BCUT2D eigenvalue weighted by molar-refractivity contribution is 5.66. The number of nitrogens with one attached hydrogen (secondary N) is 2. The van der Waals surface area contributed by atoms with Crippen LogP contribution in [0.5, 0.6) is 5.75 Å². The van der Waals surface area contributed by atoms with Gasteiger partial charge in [0, 0.05) is 12.6 Å². The smallest absolute Gasteiger partial charge is 0.157 e. The first-order valence-corrected chi connectivity index (χ1v) is 10.3. The maximum Gasteiger partial charge on any atom is 0.157 e. The van der Waals surface area contributed by atoms with Crippen LogP contribution in [0.2, 0.25) is 0 Å². The number of halogens is 2. The number of hydrogen-bond donors (Lipinski definition) is 2. The Morgan fingerprint density at radius 2 is 2.22 bits per heavy atom. The van der Waals surface area contributed by atoms with E-state index < -0.39 is 18.0 Å². The van der Waals surface area contributed by atoms with Crippen LogP contribution < -0.4 is 15.4 Å². The Balaban J connectivity index is 1.59. The minimum Gasteiger partial charge on any atom is -0.495 e. The van der Waals surface area contributed by atoms with Crippen molar-refractivity contribution in [1.82, 2.24) is 24.9 Å². The van der Waals surface area contributed by atoms with Crippen LogP contribution in [-0.4, -0.2) is 65.2 Å². The van der Waals surface area contributed by atoms with E-state index in [1.54, 1.807) is 13.2 Å².